The first-order valence-electron chi connectivity index (χ1n) is 4.27. The fourth-order valence-electron chi connectivity index (χ4n) is 1.27. The van der Waals surface area contributed by atoms with Gasteiger partial charge in [-0.15, -0.1) is 0 Å². The van der Waals surface area contributed by atoms with Gasteiger partial charge in [-0.3, -0.25) is 4.79 Å². The lowest BCUT2D eigenvalue weighted by Gasteiger charge is -2.04. The molecule has 0 saturated heterocycles. The van der Waals surface area contributed by atoms with E-state index in [1.54, 1.807) is 22.9 Å². The smallest absolute Gasteiger partial charge is 0.154 e. The Morgan fingerprint density at radius 3 is 2.38 bits per heavy atom. The standard InChI is InChI=1S/C10H5BrCl2N2O/c11-10-6(5-16)4-14-15(10)9-2-7(12)1-8(13)3-9/h1-5H. The van der Waals surface area contributed by atoms with E-state index in [4.69, 9.17) is 23.2 Å². The number of aldehydes is 1. The molecule has 0 spiro atoms. The predicted octanol–water partition coefficient (Wildman–Crippen LogP) is 3.75. The van der Waals surface area contributed by atoms with Gasteiger partial charge in [-0.25, -0.2) is 4.68 Å². The van der Waals surface area contributed by atoms with Gasteiger partial charge in [0.2, 0.25) is 0 Å². The molecule has 0 amide bonds. The Hall–Kier alpha value is -0.840. The molecular formula is C10H5BrCl2N2O. The molecule has 0 aliphatic heterocycles. The first kappa shape index (κ1) is 11.6. The molecule has 82 valence electrons. The van der Waals surface area contributed by atoms with Crippen LogP contribution in [0.4, 0.5) is 0 Å². The molecule has 0 atom stereocenters. The van der Waals surface area contributed by atoms with Gasteiger partial charge in [0.15, 0.2) is 6.29 Å². The van der Waals surface area contributed by atoms with Crippen molar-refractivity contribution < 1.29 is 4.79 Å². The monoisotopic (exact) mass is 318 g/mol. The summed E-state index contributed by atoms with van der Waals surface area (Å²) in [5.41, 5.74) is 1.16. The number of carbonyl (C=O) groups is 1. The summed E-state index contributed by atoms with van der Waals surface area (Å²) in [7, 11) is 0. The van der Waals surface area contributed by atoms with Crippen molar-refractivity contribution in [3.05, 3.63) is 44.6 Å². The van der Waals surface area contributed by atoms with Gasteiger partial charge < -0.3 is 0 Å². The van der Waals surface area contributed by atoms with E-state index >= 15 is 0 Å². The third-order valence-electron chi connectivity index (χ3n) is 1.96. The largest absolute Gasteiger partial charge is 0.298 e. The molecule has 16 heavy (non-hydrogen) atoms. The topological polar surface area (TPSA) is 34.9 Å². The van der Waals surface area contributed by atoms with Gasteiger partial charge in [0.25, 0.3) is 0 Å². The van der Waals surface area contributed by atoms with Crippen molar-refractivity contribution in [2.45, 2.75) is 0 Å². The second-order valence-electron chi connectivity index (χ2n) is 3.05. The Bertz CT molecular complexity index is 533. The summed E-state index contributed by atoms with van der Waals surface area (Å²) in [6, 6.07) is 5.05. The van der Waals surface area contributed by atoms with Crippen LogP contribution in [0.1, 0.15) is 10.4 Å². The molecule has 6 heteroatoms. The average Bonchev–Trinajstić information content (AvgIpc) is 2.58. The number of nitrogens with zero attached hydrogens (tertiary/aromatic N) is 2. The number of rotatable bonds is 2. The second-order valence-corrected chi connectivity index (χ2v) is 4.67. The molecule has 2 rings (SSSR count). The Kier molecular flexibility index (Phi) is 3.33. The maximum atomic E-state index is 10.7. The van der Waals surface area contributed by atoms with Crippen molar-refractivity contribution in [1.29, 1.82) is 0 Å². The maximum absolute atomic E-state index is 10.7. The highest BCUT2D eigenvalue weighted by atomic mass is 79.9. The Morgan fingerprint density at radius 2 is 1.88 bits per heavy atom. The molecule has 0 radical (unpaired) electrons. The minimum atomic E-state index is 0.469. The highest BCUT2D eigenvalue weighted by Crippen LogP contribution is 2.25. The first-order chi connectivity index (χ1) is 7.61. The van der Waals surface area contributed by atoms with Crippen LogP contribution in [0.15, 0.2) is 29.0 Å². The SMILES string of the molecule is O=Cc1cnn(-c2cc(Cl)cc(Cl)c2)c1Br. The lowest BCUT2D eigenvalue weighted by Crippen LogP contribution is -1.96. The zero-order valence-electron chi connectivity index (χ0n) is 7.82. The van der Waals surface area contributed by atoms with Crippen LogP contribution in [-0.4, -0.2) is 16.1 Å². The van der Waals surface area contributed by atoms with Crippen LogP contribution in [0.3, 0.4) is 0 Å². The molecule has 0 unspecified atom stereocenters. The predicted molar refractivity (Wildman–Crippen MR) is 66.7 cm³/mol. The highest BCUT2D eigenvalue weighted by molar-refractivity contribution is 9.10. The Labute approximate surface area is 110 Å². The third kappa shape index (κ3) is 2.14. The van der Waals surface area contributed by atoms with Crippen molar-refractivity contribution in [2.24, 2.45) is 0 Å². The van der Waals surface area contributed by atoms with E-state index in [0.717, 1.165) is 6.29 Å². The number of carbonyl (C=O) groups excluding carboxylic acids is 1. The average molecular weight is 320 g/mol. The van der Waals surface area contributed by atoms with E-state index in [-0.39, 0.29) is 0 Å². The van der Waals surface area contributed by atoms with Crippen LogP contribution in [-0.2, 0) is 0 Å². The molecule has 3 nitrogen and oxygen atoms in total. The van der Waals surface area contributed by atoms with E-state index in [1.807, 2.05) is 0 Å². The number of halogens is 3. The molecule has 1 heterocycles. The van der Waals surface area contributed by atoms with Crippen LogP contribution in [0.2, 0.25) is 10.0 Å². The van der Waals surface area contributed by atoms with Crippen LogP contribution in [0.25, 0.3) is 5.69 Å². The lowest BCUT2D eigenvalue weighted by atomic mass is 10.3. The summed E-state index contributed by atoms with van der Waals surface area (Å²) < 4.78 is 2.11. The van der Waals surface area contributed by atoms with E-state index in [9.17, 15) is 4.79 Å². The van der Waals surface area contributed by atoms with Crippen LogP contribution >= 0.6 is 39.1 Å². The van der Waals surface area contributed by atoms with Gasteiger partial charge in [0.1, 0.15) is 4.60 Å². The molecule has 0 fully saturated rings. The van der Waals surface area contributed by atoms with Crippen molar-refractivity contribution in [3.63, 3.8) is 0 Å². The summed E-state index contributed by atoms with van der Waals surface area (Å²) in [4.78, 5) is 10.7. The van der Waals surface area contributed by atoms with E-state index in [2.05, 4.69) is 21.0 Å². The summed E-state index contributed by atoms with van der Waals surface area (Å²) in [6.45, 7) is 0. The van der Waals surface area contributed by atoms with Gasteiger partial charge in [-0.1, -0.05) is 23.2 Å². The van der Waals surface area contributed by atoms with Gasteiger partial charge in [0, 0.05) is 10.0 Å². The minimum absolute atomic E-state index is 0.469. The van der Waals surface area contributed by atoms with Gasteiger partial charge >= 0.3 is 0 Å². The number of aromatic nitrogens is 2. The molecule has 2 aromatic rings. The minimum Gasteiger partial charge on any atom is -0.298 e. The zero-order chi connectivity index (χ0) is 11.7. The van der Waals surface area contributed by atoms with Gasteiger partial charge in [-0.05, 0) is 34.1 Å². The summed E-state index contributed by atoms with van der Waals surface area (Å²) in [6.07, 6.45) is 2.19. The molecule has 0 saturated carbocycles. The van der Waals surface area contributed by atoms with Gasteiger partial charge in [-0.2, -0.15) is 5.10 Å². The molecular weight excluding hydrogens is 315 g/mol. The zero-order valence-corrected chi connectivity index (χ0v) is 10.9. The van der Waals surface area contributed by atoms with Gasteiger partial charge in [0.05, 0.1) is 17.4 Å². The third-order valence-corrected chi connectivity index (χ3v) is 3.19. The van der Waals surface area contributed by atoms with Crippen LogP contribution in [0, 0.1) is 0 Å². The highest BCUT2D eigenvalue weighted by Gasteiger charge is 2.09. The first-order valence-corrected chi connectivity index (χ1v) is 5.82. The fraction of sp³-hybridized carbons (Fsp3) is 0. The lowest BCUT2D eigenvalue weighted by molar-refractivity contribution is 0.112. The quantitative estimate of drug-likeness (QED) is 0.790. The number of benzene rings is 1. The summed E-state index contributed by atoms with van der Waals surface area (Å²) in [5.74, 6) is 0. The molecule has 1 aromatic carbocycles. The van der Waals surface area contributed by atoms with E-state index in [1.165, 1.54) is 6.20 Å². The molecule has 0 aliphatic rings. The van der Waals surface area contributed by atoms with Crippen molar-refractivity contribution in [2.75, 3.05) is 0 Å². The molecule has 0 N–H and O–H groups in total. The van der Waals surface area contributed by atoms with E-state index < -0.39 is 0 Å². The molecule has 0 aliphatic carbocycles. The maximum Gasteiger partial charge on any atom is 0.154 e. The Balaban J connectivity index is 2.58. The summed E-state index contributed by atoms with van der Waals surface area (Å²) in [5, 5.41) is 5.08. The molecule has 1 aromatic heterocycles. The van der Waals surface area contributed by atoms with Crippen molar-refractivity contribution >= 4 is 45.4 Å². The fourth-order valence-corrected chi connectivity index (χ4v) is 2.27. The molecule has 0 bridgehead atoms. The van der Waals surface area contributed by atoms with Crippen LogP contribution < -0.4 is 0 Å². The van der Waals surface area contributed by atoms with Crippen molar-refractivity contribution in [1.82, 2.24) is 9.78 Å². The normalized spacial score (nSPS) is 10.4. The number of hydrogen-bond acceptors (Lipinski definition) is 2. The van der Waals surface area contributed by atoms with Crippen molar-refractivity contribution in [3.8, 4) is 5.69 Å². The number of hydrogen-bond donors (Lipinski definition) is 0. The Morgan fingerprint density at radius 1 is 1.25 bits per heavy atom. The van der Waals surface area contributed by atoms with Crippen LogP contribution in [0.5, 0.6) is 0 Å². The van der Waals surface area contributed by atoms with E-state index in [0.29, 0.717) is 25.9 Å². The second kappa shape index (κ2) is 4.57. The summed E-state index contributed by atoms with van der Waals surface area (Å²) >= 11 is 15.0.